The van der Waals surface area contributed by atoms with Gasteiger partial charge in [-0.2, -0.15) is 0 Å². The SMILES string of the molecule is C#CCNC(=O)COc1cc(C(C)C)sc1C(=O)O. The summed E-state index contributed by atoms with van der Waals surface area (Å²) in [6, 6.07) is 1.66. The lowest BCUT2D eigenvalue weighted by atomic mass is 10.2. The lowest BCUT2D eigenvalue weighted by molar-refractivity contribution is -0.122. The molecule has 5 nitrogen and oxygen atoms in total. The van der Waals surface area contributed by atoms with Crippen LogP contribution in [0.1, 0.15) is 34.3 Å². The number of hydrogen-bond donors (Lipinski definition) is 2. The molecule has 1 amide bonds. The minimum atomic E-state index is -1.06. The second-order valence-corrected chi connectivity index (χ2v) is 5.16. The highest BCUT2D eigenvalue weighted by Crippen LogP contribution is 2.33. The molecule has 0 fully saturated rings. The quantitative estimate of drug-likeness (QED) is 0.778. The van der Waals surface area contributed by atoms with Crippen LogP contribution in [0.2, 0.25) is 0 Å². The van der Waals surface area contributed by atoms with Gasteiger partial charge < -0.3 is 15.2 Å². The Bertz CT molecular complexity index is 513. The van der Waals surface area contributed by atoms with Gasteiger partial charge in [0.1, 0.15) is 5.75 Å². The zero-order valence-corrected chi connectivity index (χ0v) is 11.5. The maximum atomic E-state index is 11.3. The molecule has 0 atom stereocenters. The number of amides is 1. The molecule has 0 aliphatic heterocycles. The Balaban J connectivity index is 2.74. The summed E-state index contributed by atoms with van der Waals surface area (Å²) in [6.07, 6.45) is 5.00. The van der Waals surface area contributed by atoms with E-state index in [-0.39, 0.29) is 35.6 Å². The van der Waals surface area contributed by atoms with Crippen molar-refractivity contribution in [2.75, 3.05) is 13.2 Å². The lowest BCUT2D eigenvalue weighted by Gasteiger charge is -2.04. The Hall–Kier alpha value is -2.00. The zero-order valence-electron chi connectivity index (χ0n) is 10.7. The van der Waals surface area contributed by atoms with E-state index in [0.29, 0.717) is 0 Å². The summed E-state index contributed by atoms with van der Waals surface area (Å²) in [5.74, 6) is 1.25. The molecule has 0 spiro atoms. The molecule has 1 heterocycles. The van der Waals surface area contributed by atoms with E-state index in [0.717, 1.165) is 16.2 Å². The first kappa shape index (κ1) is 15.1. The van der Waals surface area contributed by atoms with Crippen molar-refractivity contribution >= 4 is 23.2 Å². The molecular formula is C13H15NO4S. The van der Waals surface area contributed by atoms with E-state index < -0.39 is 5.97 Å². The molecule has 0 aliphatic rings. The maximum absolute atomic E-state index is 11.3. The van der Waals surface area contributed by atoms with Gasteiger partial charge in [-0.3, -0.25) is 4.79 Å². The smallest absolute Gasteiger partial charge is 0.349 e. The summed E-state index contributed by atoms with van der Waals surface area (Å²) in [7, 11) is 0. The van der Waals surface area contributed by atoms with Crippen LogP contribution in [0.4, 0.5) is 0 Å². The lowest BCUT2D eigenvalue weighted by Crippen LogP contribution is -2.29. The molecule has 0 saturated carbocycles. The fourth-order valence-electron chi connectivity index (χ4n) is 1.28. The summed E-state index contributed by atoms with van der Waals surface area (Å²) < 4.78 is 5.24. The van der Waals surface area contributed by atoms with Gasteiger partial charge in [0.05, 0.1) is 6.54 Å². The van der Waals surface area contributed by atoms with Crippen LogP contribution in [0.25, 0.3) is 0 Å². The molecule has 0 unspecified atom stereocenters. The number of hydrogen-bond acceptors (Lipinski definition) is 4. The number of carboxylic acids is 1. The molecule has 0 bridgehead atoms. The van der Waals surface area contributed by atoms with Crippen molar-refractivity contribution in [1.29, 1.82) is 0 Å². The average molecular weight is 281 g/mol. The zero-order chi connectivity index (χ0) is 14.4. The van der Waals surface area contributed by atoms with E-state index in [1.54, 1.807) is 6.07 Å². The first-order valence-corrected chi connectivity index (χ1v) is 6.47. The molecule has 1 rings (SSSR count). The van der Waals surface area contributed by atoms with Crippen molar-refractivity contribution in [3.05, 3.63) is 15.8 Å². The molecule has 2 N–H and O–H groups in total. The van der Waals surface area contributed by atoms with Crippen LogP contribution in [-0.4, -0.2) is 30.1 Å². The van der Waals surface area contributed by atoms with Crippen molar-refractivity contribution in [3.8, 4) is 18.1 Å². The highest BCUT2D eigenvalue weighted by molar-refractivity contribution is 7.14. The Morgan fingerprint density at radius 1 is 1.58 bits per heavy atom. The second kappa shape index (κ2) is 6.81. The predicted octanol–water partition coefficient (Wildman–Crippen LogP) is 1.70. The Morgan fingerprint density at radius 2 is 2.26 bits per heavy atom. The van der Waals surface area contributed by atoms with E-state index in [1.807, 2.05) is 13.8 Å². The van der Waals surface area contributed by atoms with Crippen molar-refractivity contribution in [3.63, 3.8) is 0 Å². The number of carbonyl (C=O) groups is 2. The number of terminal acetylenes is 1. The fourth-order valence-corrected chi connectivity index (χ4v) is 2.22. The summed E-state index contributed by atoms with van der Waals surface area (Å²) in [5, 5.41) is 11.5. The van der Waals surface area contributed by atoms with E-state index >= 15 is 0 Å². The molecule has 102 valence electrons. The molecule has 0 aromatic carbocycles. The highest BCUT2D eigenvalue weighted by Gasteiger charge is 2.18. The standard InChI is InChI=1S/C13H15NO4S/c1-4-5-14-11(15)7-18-9-6-10(8(2)3)19-12(9)13(16)17/h1,6,8H,5,7H2,2-3H3,(H,14,15)(H,16,17). The topological polar surface area (TPSA) is 75.6 Å². The van der Waals surface area contributed by atoms with Gasteiger partial charge in [-0.05, 0) is 12.0 Å². The molecule has 0 saturated heterocycles. The fraction of sp³-hybridized carbons (Fsp3) is 0.385. The first-order valence-electron chi connectivity index (χ1n) is 5.65. The van der Waals surface area contributed by atoms with Crippen LogP contribution in [-0.2, 0) is 4.79 Å². The minimum Gasteiger partial charge on any atom is -0.482 e. The van der Waals surface area contributed by atoms with Crippen LogP contribution in [0, 0.1) is 12.3 Å². The number of rotatable bonds is 6. The second-order valence-electron chi connectivity index (χ2n) is 4.07. The number of nitrogens with one attached hydrogen (secondary N) is 1. The van der Waals surface area contributed by atoms with Crippen molar-refractivity contribution in [2.24, 2.45) is 0 Å². The summed E-state index contributed by atoms with van der Waals surface area (Å²) in [6.45, 7) is 3.78. The third-order valence-electron chi connectivity index (χ3n) is 2.23. The number of aromatic carboxylic acids is 1. The normalized spacial score (nSPS) is 10.0. The van der Waals surface area contributed by atoms with Gasteiger partial charge in [-0.25, -0.2) is 4.79 Å². The monoisotopic (exact) mass is 281 g/mol. The van der Waals surface area contributed by atoms with E-state index in [9.17, 15) is 9.59 Å². The van der Waals surface area contributed by atoms with Crippen LogP contribution in [0.5, 0.6) is 5.75 Å². The Morgan fingerprint density at radius 3 is 2.79 bits per heavy atom. The van der Waals surface area contributed by atoms with Crippen LogP contribution >= 0.6 is 11.3 Å². The van der Waals surface area contributed by atoms with Crippen molar-refractivity contribution < 1.29 is 19.4 Å². The molecule has 6 heteroatoms. The van der Waals surface area contributed by atoms with Gasteiger partial charge in [0.2, 0.25) is 0 Å². The predicted molar refractivity (Wildman–Crippen MR) is 72.7 cm³/mol. The molecule has 1 aromatic rings. The molecule has 0 radical (unpaired) electrons. The van der Waals surface area contributed by atoms with Crippen molar-refractivity contribution in [2.45, 2.75) is 19.8 Å². The molecular weight excluding hydrogens is 266 g/mol. The van der Waals surface area contributed by atoms with Gasteiger partial charge in [-0.1, -0.05) is 19.8 Å². The van der Waals surface area contributed by atoms with E-state index in [4.69, 9.17) is 16.3 Å². The summed E-state index contributed by atoms with van der Waals surface area (Å²) in [5.41, 5.74) is 0. The summed E-state index contributed by atoms with van der Waals surface area (Å²) in [4.78, 5) is 23.4. The van der Waals surface area contributed by atoms with Gasteiger partial charge in [-0.15, -0.1) is 17.8 Å². The largest absolute Gasteiger partial charge is 0.482 e. The third kappa shape index (κ3) is 4.30. The Kier molecular flexibility index (Phi) is 5.39. The van der Waals surface area contributed by atoms with Gasteiger partial charge in [0, 0.05) is 4.88 Å². The van der Waals surface area contributed by atoms with Crippen LogP contribution in [0.15, 0.2) is 6.07 Å². The van der Waals surface area contributed by atoms with Crippen molar-refractivity contribution in [1.82, 2.24) is 5.32 Å². The van der Waals surface area contributed by atoms with Gasteiger partial charge >= 0.3 is 5.97 Å². The average Bonchev–Trinajstić information content (AvgIpc) is 2.78. The van der Waals surface area contributed by atoms with E-state index in [1.165, 1.54) is 0 Å². The maximum Gasteiger partial charge on any atom is 0.349 e. The molecule has 0 aliphatic carbocycles. The molecule has 1 aromatic heterocycles. The van der Waals surface area contributed by atoms with Gasteiger partial charge in [0.15, 0.2) is 11.5 Å². The first-order chi connectivity index (χ1) is 8.95. The molecule has 19 heavy (non-hydrogen) atoms. The Labute approximate surface area is 115 Å². The van der Waals surface area contributed by atoms with Gasteiger partial charge in [0.25, 0.3) is 5.91 Å². The minimum absolute atomic E-state index is 0.105. The summed E-state index contributed by atoms with van der Waals surface area (Å²) >= 11 is 1.16. The third-order valence-corrected chi connectivity index (χ3v) is 3.63. The number of carboxylic acid groups (broad SMARTS) is 1. The highest BCUT2D eigenvalue weighted by atomic mass is 32.1. The van der Waals surface area contributed by atoms with Crippen LogP contribution in [0.3, 0.4) is 0 Å². The van der Waals surface area contributed by atoms with Crippen LogP contribution < -0.4 is 10.1 Å². The number of ether oxygens (including phenoxy) is 1. The number of thiophene rings is 1. The van der Waals surface area contributed by atoms with E-state index in [2.05, 4.69) is 11.2 Å². The number of carbonyl (C=O) groups excluding carboxylic acids is 1.